The van der Waals surface area contributed by atoms with Gasteiger partial charge in [-0.2, -0.15) is 0 Å². The third kappa shape index (κ3) is 2.45. The molecule has 0 heterocycles. The zero-order chi connectivity index (χ0) is 4.41. The van der Waals surface area contributed by atoms with Gasteiger partial charge in [0.15, 0.2) is 0 Å². The maximum Gasteiger partial charge on any atom is 0.113 e. The fourth-order valence-corrected chi connectivity index (χ4v) is 1.33. The van der Waals surface area contributed by atoms with E-state index >= 15 is 0 Å². The van der Waals surface area contributed by atoms with Crippen LogP contribution in [0.5, 0.6) is 0 Å². The van der Waals surface area contributed by atoms with Gasteiger partial charge in [0.1, 0.15) is 5.25 Å². The molecule has 0 unspecified atom stereocenters. The van der Waals surface area contributed by atoms with E-state index in [1.54, 1.807) is 0 Å². The van der Waals surface area contributed by atoms with Crippen LogP contribution < -0.4 is 12.4 Å². The average Bonchev–Trinajstić information content (AvgIpc) is 1.86. The lowest BCUT2D eigenvalue weighted by molar-refractivity contribution is -0.00000120. The molecule has 0 spiro atoms. The molecule has 1 aliphatic rings. The van der Waals surface area contributed by atoms with Crippen LogP contribution in [0.2, 0.25) is 0 Å². The Morgan fingerprint density at radius 1 is 1.14 bits per heavy atom. The minimum atomic E-state index is 0. The van der Waals surface area contributed by atoms with Crippen LogP contribution in [0.4, 0.5) is 0 Å². The van der Waals surface area contributed by atoms with Gasteiger partial charge in [-0.25, -0.2) is 0 Å². The maximum atomic E-state index is 3.58. The molecule has 0 N–H and O–H groups in total. The number of rotatable bonds is 0. The van der Waals surface area contributed by atoms with E-state index in [-0.39, 0.29) is 12.4 Å². The summed E-state index contributed by atoms with van der Waals surface area (Å²) in [6, 6.07) is 0. The van der Waals surface area contributed by atoms with Gasteiger partial charge in [-0.3, -0.25) is 0 Å². The van der Waals surface area contributed by atoms with Gasteiger partial charge < -0.3 is 12.4 Å². The molecule has 0 nitrogen and oxygen atoms in total. The molecule has 2 heteroatoms. The lowest BCUT2D eigenvalue weighted by atomic mass is 10.4. The summed E-state index contributed by atoms with van der Waals surface area (Å²) in [5.74, 6) is 0. The molecule has 1 fully saturated rings. The van der Waals surface area contributed by atoms with E-state index in [2.05, 4.69) is 12.6 Å². The molecule has 1 saturated carbocycles. The second-order valence-electron chi connectivity index (χ2n) is 1.98. The summed E-state index contributed by atoms with van der Waals surface area (Å²) in [5.41, 5.74) is 0. The van der Waals surface area contributed by atoms with Crippen LogP contribution in [0, 0.1) is 0 Å². The standard InChI is InChI=1S/C5H10S.ClH/c6-5-3-1-2-4-5;/h5-6H,1-4H2;1H. The molecule has 0 aliphatic heterocycles. The highest BCUT2D eigenvalue weighted by molar-refractivity contribution is 7.59. The van der Waals surface area contributed by atoms with Crippen molar-refractivity contribution in [1.82, 2.24) is 0 Å². The topological polar surface area (TPSA) is 0 Å². The Morgan fingerprint density at radius 3 is 1.71 bits per heavy atom. The molecule has 1 rings (SSSR count). The van der Waals surface area contributed by atoms with Gasteiger partial charge in [-0.05, 0) is 38.3 Å². The Bertz CT molecular complexity index is 41.3. The third-order valence-corrected chi connectivity index (χ3v) is 1.93. The molecular weight excluding hydrogens is 128 g/mol. The van der Waals surface area contributed by atoms with E-state index in [4.69, 9.17) is 0 Å². The predicted molar refractivity (Wildman–Crippen MR) is 32.4 cm³/mol. The minimum absolute atomic E-state index is 0. The second kappa shape index (κ2) is 3.62. The first kappa shape index (κ1) is 7.64. The summed E-state index contributed by atoms with van der Waals surface area (Å²) in [7, 11) is 0. The van der Waals surface area contributed by atoms with E-state index in [1.165, 1.54) is 25.7 Å². The Morgan fingerprint density at radius 2 is 1.57 bits per heavy atom. The van der Waals surface area contributed by atoms with Crippen LogP contribution in [0.3, 0.4) is 0 Å². The first-order valence-corrected chi connectivity index (χ1v) is 3.18. The van der Waals surface area contributed by atoms with Gasteiger partial charge in [-0.15, -0.1) is 0 Å². The minimum Gasteiger partial charge on any atom is -1.00 e. The summed E-state index contributed by atoms with van der Waals surface area (Å²) in [6.45, 7) is 0. The van der Waals surface area contributed by atoms with Gasteiger partial charge in [0.2, 0.25) is 0 Å². The zero-order valence-corrected chi connectivity index (χ0v) is 6.04. The number of halogens is 1. The molecule has 1 aliphatic carbocycles. The first-order valence-electron chi connectivity index (χ1n) is 2.61. The van der Waals surface area contributed by atoms with Crippen LogP contribution in [-0.4, -0.2) is 5.25 Å². The molecule has 0 aromatic heterocycles. The summed E-state index contributed by atoms with van der Waals surface area (Å²) < 4.78 is 0. The van der Waals surface area contributed by atoms with Gasteiger partial charge in [0.05, 0.1) is 0 Å². The SMILES string of the molecule is [Cl-].[SH2+]C1CCCC1. The Hall–Kier alpha value is 0.640. The maximum absolute atomic E-state index is 3.58. The van der Waals surface area contributed by atoms with Crippen LogP contribution >= 0.6 is 0 Å². The molecule has 44 valence electrons. The second-order valence-corrected chi connectivity index (χ2v) is 2.80. The lowest BCUT2D eigenvalue weighted by Gasteiger charge is -1.82. The molecule has 0 aromatic carbocycles. The quantitative estimate of drug-likeness (QED) is 0.338. The largest absolute Gasteiger partial charge is 1.00 e. The molecule has 0 saturated heterocycles. The highest BCUT2D eigenvalue weighted by atomic mass is 35.5. The van der Waals surface area contributed by atoms with E-state index in [1.807, 2.05) is 0 Å². The molecule has 0 atom stereocenters. The van der Waals surface area contributed by atoms with E-state index < -0.39 is 0 Å². The van der Waals surface area contributed by atoms with Gasteiger partial charge in [0.25, 0.3) is 0 Å². The molecule has 0 amide bonds. The summed E-state index contributed by atoms with van der Waals surface area (Å²) in [6.07, 6.45) is 5.68. The number of hydrogen-bond donors (Lipinski definition) is 0. The monoisotopic (exact) mass is 138 g/mol. The molecule has 7 heavy (non-hydrogen) atoms. The van der Waals surface area contributed by atoms with Gasteiger partial charge in [0, 0.05) is 0 Å². The van der Waals surface area contributed by atoms with Crippen LogP contribution in [-0.2, 0) is 12.6 Å². The van der Waals surface area contributed by atoms with Crippen molar-refractivity contribution in [2.45, 2.75) is 30.9 Å². The Balaban J connectivity index is 0.000000360. The molecule has 0 bridgehead atoms. The van der Waals surface area contributed by atoms with Crippen molar-refractivity contribution in [1.29, 1.82) is 0 Å². The zero-order valence-electron chi connectivity index (χ0n) is 4.28. The van der Waals surface area contributed by atoms with Crippen molar-refractivity contribution in [2.75, 3.05) is 0 Å². The predicted octanol–water partition coefficient (Wildman–Crippen LogP) is -2.06. The highest BCUT2D eigenvalue weighted by Gasteiger charge is 2.13. The fourth-order valence-electron chi connectivity index (χ4n) is 0.926. The molecule has 0 aromatic rings. The fraction of sp³-hybridized carbons (Fsp3) is 1.00. The van der Waals surface area contributed by atoms with Gasteiger partial charge in [-0.1, -0.05) is 0 Å². The smallest absolute Gasteiger partial charge is 0.113 e. The van der Waals surface area contributed by atoms with Crippen LogP contribution in [0.1, 0.15) is 25.7 Å². The van der Waals surface area contributed by atoms with Crippen molar-refractivity contribution in [3.63, 3.8) is 0 Å². The summed E-state index contributed by atoms with van der Waals surface area (Å²) in [4.78, 5) is 0. The van der Waals surface area contributed by atoms with Crippen LogP contribution in [0.15, 0.2) is 0 Å². The Kier molecular flexibility index (Phi) is 3.95. The normalized spacial score (nSPS) is 21.9. The average molecular weight is 139 g/mol. The van der Waals surface area contributed by atoms with E-state index in [9.17, 15) is 0 Å². The first-order chi connectivity index (χ1) is 2.89. The number of hydrogen-bond acceptors (Lipinski definition) is 0. The highest BCUT2D eigenvalue weighted by Crippen LogP contribution is 2.17. The lowest BCUT2D eigenvalue weighted by Crippen LogP contribution is -3.00. The van der Waals surface area contributed by atoms with E-state index in [0.29, 0.717) is 0 Å². The summed E-state index contributed by atoms with van der Waals surface area (Å²) >= 11 is 3.58. The summed E-state index contributed by atoms with van der Waals surface area (Å²) in [5, 5.41) is 0.852. The van der Waals surface area contributed by atoms with Crippen molar-refractivity contribution in [3.05, 3.63) is 0 Å². The van der Waals surface area contributed by atoms with Crippen molar-refractivity contribution in [2.24, 2.45) is 0 Å². The third-order valence-electron chi connectivity index (χ3n) is 1.36. The van der Waals surface area contributed by atoms with Crippen molar-refractivity contribution in [3.8, 4) is 0 Å². The van der Waals surface area contributed by atoms with Gasteiger partial charge >= 0.3 is 0 Å². The molecule has 0 radical (unpaired) electrons. The van der Waals surface area contributed by atoms with Crippen molar-refractivity contribution < 1.29 is 12.4 Å². The molecular formula is C5H11ClS. The van der Waals surface area contributed by atoms with Crippen molar-refractivity contribution >= 4 is 12.6 Å². The van der Waals surface area contributed by atoms with E-state index in [0.717, 1.165) is 5.25 Å². The Labute approximate surface area is 56.5 Å². The van der Waals surface area contributed by atoms with Crippen LogP contribution in [0.25, 0.3) is 0 Å².